The van der Waals surface area contributed by atoms with Crippen LogP contribution in [0.3, 0.4) is 0 Å². The number of benzene rings is 2. The molecule has 0 fully saturated rings. The molecule has 0 aliphatic carbocycles. The maximum Gasteiger partial charge on any atom is 0.273 e. The van der Waals surface area contributed by atoms with Crippen LogP contribution < -0.4 is 16.0 Å². The Morgan fingerprint density at radius 3 is 2.74 bits per heavy atom. The number of hydrogen-bond donors (Lipinski definition) is 1. The number of nitrogens with zero attached hydrogens (tertiary/aromatic N) is 1. The Balaban J connectivity index is 2.30. The van der Waals surface area contributed by atoms with E-state index in [1.807, 2.05) is 24.3 Å². The zero-order valence-electron chi connectivity index (χ0n) is 10.3. The lowest BCUT2D eigenvalue weighted by molar-refractivity contribution is 0.415. The first kappa shape index (κ1) is 11.8. The number of ether oxygens (including phenoxy) is 1. The summed E-state index contributed by atoms with van der Waals surface area (Å²) in [6.45, 7) is 0. The molecule has 0 atom stereocenters. The van der Waals surface area contributed by atoms with Gasteiger partial charge in [0.2, 0.25) is 0 Å². The van der Waals surface area contributed by atoms with Crippen molar-refractivity contribution >= 4 is 27.3 Å². The first-order valence-electron chi connectivity index (χ1n) is 5.75. The Morgan fingerprint density at radius 2 is 2.00 bits per heavy atom. The number of hydrogen-bond acceptors (Lipinski definition) is 4. The lowest BCUT2D eigenvalue weighted by Crippen LogP contribution is -2.12. The van der Waals surface area contributed by atoms with Gasteiger partial charge in [0.15, 0.2) is 0 Å². The van der Waals surface area contributed by atoms with Crippen LogP contribution >= 0.6 is 11.5 Å². The van der Waals surface area contributed by atoms with E-state index < -0.39 is 0 Å². The summed E-state index contributed by atoms with van der Waals surface area (Å²) >= 11 is 1.38. The number of nitrogen functional groups attached to an aromatic ring is 1. The van der Waals surface area contributed by atoms with Crippen LogP contribution in [0.5, 0.6) is 5.75 Å². The number of aromatic nitrogens is 1. The predicted molar refractivity (Wildman–Crippen MR) is 78.4 cm³/mol. The lowest BCUT2D eigenvalue weighted by atomic mass is 10.2. The molecule has 5 heteroatoms. The monoisotopic (exact) mass is 272 g/mol. The molecule has 1 heterocycles. The predicted octanol–water partition coefficient (Wildman–Crippen LogP) is 2.64. The highest BCUT2D eigenvalue weighted by atomic mass is 32.1. The molecule has 0 saturated heterocycles. The van der Waals surface area contributed by atoms with Gasteiger partial charge in [0, 0.05) is 6.07 Å². The molecule has 0 unspecified atom stereocenters. The van der Waals surface area contributed by atoms with Crippen LogP contribution in [0.15, 0.2) is 47.3 Å². The molecule has 0 amide bonds. The van der Waals surface area contributed by atoms with Crippen LogP contribution in [-0.2, 0) is 0 Å². The van der Waals surface area contributed by atoms with Gasteiger partial charge in [0.05, 0.1) is 28.6 Å². The maximum absolute atomic E-state index is 12.4. The van der Waals surface area contributed by atoms with Crippen LogP contribution in [0.2, 0.25) is 0 Å². The highest BCUT2D eigenvalue weighted by Gasteiger charge is 2.11. The minimum Gasteiger partial charge on any atom is -0.497 e. The molecule has 0 aliphatic rings. The van der Waals surface area contributed by atoms with Crippen LogP contribution in [0.25, 0.3) is 15.8 Å². The first-order valence-corrected chi connectivity index (χ1v) is 6.53. The first-order chi connectivity index (χ1) is 9.20. The van der Waals surface area contributed by atoms with E-state index in [0.29, 0.717) is 22.5 Å². The Bertz CT molecular complexity index is 805. The minimum atomic E-state index is -0.0550. The van der Waals surface area contributed by atoms with E-state index in [2.05, 4.69) is 0 Å². The molecule has 2 aromatic carbocycles. The van der Waals surface area contributed by atoms with Gasteiger partial charge >= 0.3 is 0 Å². The molecule has 1 aromatic heterocycles. The van der Waals surface area contributed by atoms with Crippen molar-refractivity contribution in [2.45, 2.75) is 0 Å². The summed E-state index contributed by atoms with van der Waals surface area (Å²) in [5.74, 6) is 0.675. The number of fused-ring (bicyclic) bond motifs is 1. The Labute approximate surface area is 113 Å². The van der Waals surface area contributed by atoms with E-state index in [-0.39, 0.29) is 5.56 Å². The molecule has 2 N–H and O–H groups in total. The summed E-state index contributed by atoms with van der Waals surface area (Å²) in [4.78, 5) is 12.4. The third kappa shape index (κ3) is 1.88. The molecule has 0 spiro atoms. The maximum atomic E-state index is 12.4. The van der Waals surface area contributed by atoms with Gasteiger partial charge in [-0.25, -0.2) is 3.96 Å². The van der Waals surface area contributed by atoms with Crippen LogP contribution in [0.4, 0.5) is 5.69 Å². The van der Waals surface area contributed by atoms with E-state index in [0.717, 1.165) is 4.70 Å². The fourth-order valence-electron chi connectivity index (χ4n) is 1.96. The average molecular weight is 272 g/mol. The summed E-state index contributed by atoms with van der Waals surface area (Å²) in [6, 6.07) is 12.8. The number of methoxy groups -OCH3 is 1. The Kier molecular flexibility index (Phi) is 2.76. The summed E-state index contributed by atoms with van der Waals surface area (Å²) in [7, 11) is 1.59. The summed E-state index contributed by atoms with van der Waals surface area (Å²) < 4.78 is 7.72. The molecule has 0 aliphatic heterocycles. The SMILES string of the molecule is COc1ccc(N)c(-n2sc3ccccc3c2=O)c1. The van der Waals surface area contributed by atoms with Gasteiger partial charge in [-0.1, -0.05) is 23.7 Å². The fourth-order valence-corrected chi connectivity index (χ4v) is 2.98. The fraction of sp³-hybridized carbons (Fsp3) is 0.0714. The number of rotatable bonds is 2. The molecule has 96 valence electrons. The second-order valence-electron chi connectivity index (χ2n) is 4.11. The van der Waals surface area contributed by atoms with E-state index in [1.54, 1.807) is 29.3 Å². The van der Waals surface area contributed by atoms with Crippen LogP contribution in [0, 0.1) is 0 Å². The van der Waals surface area contributed by atoms with Crippen molar-refractivity contribution in [1.82, 2.24) is 3.96 Å². The zero-order valence-corrected chi connectivity index (χ0v) is 11.1. The van der Waals surface area contributed by atoms with E-state index in [9.17, 15) is 4.79 Å². The Hall–Kier alpha value is -2.27. The normalized spacial score (nSPS) is 10.8. The molecule has 0 saturated carbocycles. The number of nitrogens with two attached hydrogens (primary N) is 1. The van der Waals surface area contributed by atoms with Gasteiger partial charge in [-0.05, 0) is 24.3 Å². The zero-order chi connectivity index (χ0) is 13.4. The second-order valence-corrected chi connectivity index (χ2v) is 5.10. The van der Waals surface area contributed by atoms with Gasteiger partial charge in [-0.15, -0.1) is 0 Å². The molecular formula is C14H12N2O2S. The van der Waals surface area contributed by atoms with Crippen molar-refractivity contribution in [2.75, 3.05) is 12.8 Å². The van der Waals surface area contributed by atoms with Crippen molar-refractivity contribution in [3.05, 3.63) is 52.8 Å². The number of anilines is 1. The van der Waals surface area contributed by atoms with Crippen molar-refractivity contribution in [2.24, 2.45) is 0 Å². The van der Waals surface area contributed by atoms with Gasteiger partial charge in [0.25, 0.3) is 5.56 Å². The van der Waals surface area contributed by atoms with Crippen molar-refractivity contribution in [1.29, 1.82) is 0 Å². The Morgan fingerprint density at radius 1 is 1.21 bits per heavy atom. The molecule has 19 heavy (non-hydrogen) atoms. The summed E-state index contributed by atoms with van der Waals surface area (Å²) in [6.07, 6.45) is 0. The summed E-state index contributed by atoms with van der Waals surface area (Å²) in [5, 5.41) is 0.703. The van der Waals surface area contributed by atoms with Crippen molar-refractivity contribution in [3.63, 3.8) is 0 Å². The van der Waals surface area contributed by atoms with E-state index >= 15 is 0 Å². The molecular weight excluding hydrogens is 260 g/mol. The van der Waals surface area contributed by atoms with Gasteiger partial charge in [0.1, 0.15) is 5.75 Å². The van der Waals surface area contributed by atoms with E-state index in [4.69, 9.17) is 10.5 Å². The topological polar surface area (TPSA) is 57.2 Å². The van der Waals surface area contributed by atoms with Crippen LogP contribution in [0.1, 0.15) is 0 Å². The van der Waals surface area contributed by atoms with Crippen molar-refractivity contribution < 1.29 is 4.74 Å². The smallest absolute Gasteiger partial charge is 0.273 e. The largest absolute Gasteiger partial charge is 0.497 e. The quantitative estimate of drug-likeness (QED) is 0.730. The van der Waals surface area contributed by atoms with E-state index in [1.165, 1.54) is 11.5 Å². The van der Waals surface area contributed by atoms with Gasteiger partial charge in [-0.3, -0.25) is 4.79 Å². The summed E-state index contributed by atoms with van der Waals surface area (Å²) in [5.41, 5.74) is 7.11. The highest BCUT2D eigenvalue weighted by Crippen LogP contribution is 2.26. The molecule has 0 bridgehead atoms. The van der Waals surface area contributed by atoms with Crippen LogP contribution in [-0.4, -0.2) is 11.1 Å². The van der Waals surface area contributed by atoms with Gasteiger partial charge < -0.3 is 10.5 Å². The average Bonchev–Trinajstić information content (AvgIpc) is 2.77. The third-order valence-corrected chi connectivity index (χ3v) is 4.05. The second kappa shape index (κ2) is 4.44. The molecule has 0 radical (unpaired) electrons. The molecule has 4 nitrogen and oxygen atoms in total. The highest BCUT2D eigenvalue weighted by molar-refractivity contribution is 7.14. The minimum absolute atomic E-state index is 0.0550. The standard InChI is InChI=1S/C14H12N2O2S/c1-18-9-6-7-11(15)12(8-9)16-14(17)10-4-2-3-5-13(10)19-16/h2-8H,15H2,1H3. The molecule has 3 aromatic rings. The lowest BCUT2D eigenvalue weighted by Gasteiger charge is -2.07. The molecule has 3 rings (SSSR count). The third-order valence-electron chi connectivity index (χ3n) is 2.95. The van der Waals surface area contributed by atoms with Crippen molar-refractivity contribution in [3.8, 4) is 11.4 Å². The van der Waals surface area contributed by atoms with Gasteiger partial charge in [-0.2, -0.15) is 0 Å².